The molecule has 4 nitrogen and oxygen atoms in total. The van der Waals surface area contributed by atoms with Gasteiger partial charge in [-0.15, -0.1) is 11.3 Å². The molecule has 0 amide bonds. The lowest BCUT2D eigenvalue weighted by molar-refractivity contribution is 0.625. The molecule has 1 atom stereocenters. The van der Waals surface area contributed by atoms with Gasteiger partial charge in [0.2, 0.25) is 0 Å². The summed E-state index contributed by atoms with van der Waals surface area (Å²) >= 11 is 1.82. The van der Waals surface area contributed by atoms with Gasteiger partial charge >= 0.3 is 0 Å². The van der Waals surface area contributed by atoms with E-state index in [0.29, 0.717) is 11.4 Å². The number of fused-ring (bicyclic) bond motifs is 1. The summed E-state index contributed by atoms with van der Waals surface area (Å²) in [6.07, 6.45) is 1.03. The molecule has 0 bridgehead atoms. The molecule has 0 aliphatic carbocycles. The third-order valence-corrected chi connectivity index (χ3v) is 4.59. The van der Waals surface area contributed by atoms with Crippen LogP contribution in [0.15, 0.2) is 23.6 Å². The molecule has 2 aromatic rings. The zero-order valence-electron chi connectivity index (χ0n) is 10.6. The fraction of sp³-hybridized carbons (Fsp3) is 0.286. The van der Waals surface area contributed by atoms with Gasteiger partial charge in [-0.25, -0.2) is 4.98 Å². The lowest BCUT2D eigenvalue weighted by atomic mass is 10.0. The molecular weight excluding hydrogens is 256 g/mol. The third kappa shape index (κ3) is 1.94. The Bertz CT molecular complexity index is 656. The number of nitriles is 1. The quantitative estimate of drug-likeness (QED) is 0.865. The predicted octanol–water partition coefficient (Wildman–Crippen LogP) is 2.72. The smallest absolute Gasteiger partial charge is 0.165 e. The van der Waals surface area contributed by atoms with Gasteiger partial charge in [0.05, 0.1) is 11.7 Å². The van der Waals surface area contributed by atoms with Gasteiger partial charge in [0.25, 0.3) is 0 Å². The number of nitrogen functional groups attached to an aromatic ring is 1. The molecule has 1 aliphatic rings. The normalized spacial score (nSPS) is 17.9. The molecule has 0 radical (unpaired) electrons. The number of nitrogens with two attached hydrogens (primary N) is 1. The van der Waals surface area contributed by atoms with Gasteiger partial charge in [-0.1, -0.05) is 0 Å². The van der Waals surface area contributed by atoms with Gasteiger partial charge in [0, 0.05) is 11.4 Å². The van der Waals surface area contributed by atoms with Gasteiger partial charge < -0.3 is 10.6 Å². The highest BCUT2D eigenvalue weighted by Gasteiger charge is 2.25. The summed E-state index contributed by atoms with van der Waals surface area (Å²) in [6, 6.07) is 8.17. The molecular formula is C14H14N4S. The highest BCUT2D eigenvalue weighted by molar-refractivity contribution is 7.10. The van der Waals surface area contributed by atoms with Gasteiger partial charge in [-0.2, -0.15) is 5.26 Å². The molecule has 1 unspecified atom stereocenters. The number of hydrogen-bond acceptors (Lipinski definition) is 5. The molecule has 3 heterocycles. The van der Waals surface area contributed by atoms with Crippen LogP contribution in [-0.4, -0.2) is 11.5 Å². The maximum Gasteiger partial charge on any atom is 0.165 e. The zero-order chi connectivity index (χ0) is 13.4. The summed E-state index contributed by atoms with van der Waals surface area (Å²) in [4.78, 5) is 8.05. The molecule has 0 saturated carbocycles. The first-order valence-corrected chi connectivity index (χ1v) is 7.08. The van der Waals surface area contributed by atoms with Gasteiger partial charge in [0.1, 0.15) is 11.9 Å². The summed E-state index contributed by atoms with van der Waals surface area (Å²) in [7, 11) is 0. The molecule has 5 heteroatoms. The van der Waals surface area contributed by atoms with E-state index in [9.17, 15) is 0 Å². The molecule has 96 valence electrons. The molecule has 1 aliphatic heterocycles. The molecule has 2 aromatic heterocycles. The zero-order valence-corrected chi connectivity index (χ0v) is 11.4. The first-order valence-electron chi connectivity index (χ1n) is 6.20. The predicted molar refractivity (Wildman–Crippen MR) is 77.1 cm³/mol. The van der Waals surface area contributed by atoms with Crippen molar-refractivity contribution >= 4 is 22.8 Å². The summed E-state index contributed by atoms with van der Waals surface area (Å²) < 4.78 is 0. The number of rotatable bonds is 1. The van der Waals surface area contributed by atoms with E-state index in [-0.39, 0.29) is 6.04 Å². The highest BCUT2D eigenvalue weighted by Crippen LogP contribution is 2.35. The minimum atomic E-state index is 0.290. The van der Waals surface area contributed by atoms with Gasteiger partial charge in [0.15, 0.2) is 5.69 Å². The van der Waals surface area contributed by atoms with E-state index in [4.69, 9.17) is 11.0 Å². The van der Waals surface area contributed by atoms with E-state index in [2.05, 4.69) is 28.3 Å². The molecule has 0 aromatic carbocycles. The molecule has 3 rings (SSSR count). The van der Waals surface area contributed by atoms with Crippen molar-refractivity contribution in [2.75, 3.05) is 17.2 Å². The first kappa shape index (κ1) is 12.0. The average molecular weight is 270 g/mol. The molecule has 0 fully saturated rings. The van der Waals surface area contributed by atoms with Crippen LogP contribution in [0.5, 0.6) is 0 Å². The fourth-order valence-corrected chi connectivity index (χ4v) is 3.49. The summed E-state index contributed by atoms with van der Waals surface area (Å²) in [5, 5.41) is 11.2. The van der Waals surface area contributed by atoms with E-state index in [0.717, 1.165) is 18.8 Å². The Hall–Kier alpha value is -2.06. The van der Waals surface area contributed by atoms with E-state index in [1.807, 2.05) is 23.5 Å². The Morgan fingerprint density at radius 3 is 3.11 bits per heavy atom. The number of nitrogens with zero attached hydrogens (tertiary/aromatic N) is 3. The number of thiophene rings is 1. The molecule has 0 spiro atoms. The van der Waals surface area contributed by atoms with Crippen molar-refractivity contribution in [3.8, 4) is 6.07 Å². The van der Waals surface area contributed by atoms with Gasteiger partial charge in [-0.05, 0) is 42.5 Å². The Morgan fingerprint density at radius 1 is 1.47 bits per heavy atom. The fourth-order valence-electron chi connectivity index (χ4n) is 2.53. The van der Waals surface area contributed by atoms with E-state index >= 15 is 0 Å². The number of pyridine rings is 1. The average Bonchev–Trinajstić information content (AvgIpc) is 2.89. The largest absolute Gasteiger partial charge is 0.396 e. The van der Waals surface area contributed by atoms with E-state index in [1.54, 1.807) is 6.07 Å². The maximum atomic E-state index is 9.02. The van der Waals surface area contributed by atoms with Crippen LogP contribution in [-0.2, 0) is 6.42 Å². The minimum absolute atomic E-state index is 0.290. The van der Waals surface area contributed by atoms with Crippen LogP contribution in [0.25, 0.3) is 0 Å². The Balaban J connectivity index is 1.98. The summed E-state index contributed by atoms with van der Waals surface area (Å²) in [5.41, 5.74) is 7.83. The molecule has 0 saturated heterocycles. The monoisotopic (exact) mass is 270 g/mol. The summed E-state index contributed by atoms with van der Waals surface area (Å²) in [5.74, 6) is 0.829. The van der Waals surface area contributed by atoms with Crippen LogP contribution in [0, 0.1) is 11.3 Å². The van der Waals surface area contributed by atoms with Crippen molar-refractivity contribution in [2.45, 2.75) is 19.4 Å². The third-order valence-electron chi connectivity index (χ3n) is 3.59. The van der Waals surface area contributed by atoms with Crippen molar-refractivity contribution in [1.29, 1.82) is 5.26 Å². The second-order valence-electron chi connectivity index (χ2n) is 4.64. The number of hydrogen-bond donors (Lipinski definition) is 1. The standard InChI is InChI=1S/C14H14N4S/c1-9-10-5-7-19-13(10)4-6-18(9)14-3-2-11(16)12(8-15)17-14/h2-3,5,7,9H,4,6,16H2,1H3. The lowest BCUT2D eigenvalue weighted by Crippen LogP contribution is -2.33. The number of anilines is 2. The van der Waals surface area contributed by atoms with Crippen molar-refractivity contribution in [3.63, 3.8) is 0 Å². The molecule has 19 heavy (non-hydrogen) atoms. The van der Waals surface area contributed by atoms with Crippen LogP contribution in [0.4, 0.5) is 11.5 Å². The topological polar surface area (TPSA) is 65.9 Å². The van der Waals surface area contributed by atoms with Crippen LogP contribution in [0.2, 0.25) is 0 Å². The maximum absolute atomic E-state index is 9.02. The Kier molecular flexibility index (Phi) is 2.88. The second-order valence-corrected chi connectivity index (χ2v) is 5.64. The van der Waals surface area contributed by atoms with Gasteiger partial charge in [-0.3, -0.25) is 0 Å². The van der Waals surface area contributed by atoms with Crippen LogP contribution < -0.4 is 10.6 Å². The Morgan fingerprint density at radius 2 is 2.32 bits per heavy atom. The van der Waals surface area contributed by atoms with Crippen molar-refractivity contribution in [1.82, 2.24) is 4.98 Å². The summed E-state index contributed by atoms with van der Waals surface area (Å²) in [6.45, 7) is 3.10. The van der Waals surface area contributed by atoms with Crippen LogP contribution in [0.3, 0.4) is 0 Å². The highest BCUT2D eigenvalue weighted by atomic mass is 32.1. The van der Waals surface area contributed by atoms with Crippen molar-refractivity contribution in [3.05, 3.63) is 39.7 Å². The van der Waals surface area contributed by atoms with Crippen LogP contribution in [0.1, 0.15) is 29.1 Å². The Labute approximate surface area is 116 Å². The first-order chi connectivity index (χ1) is 9.20. The number of aromatic nitrogens is 1. The SMILES string of the molecule is CC1c2ccsc2CCN1c1ccc(N)c(C#N)n1. The van der Waals surface area contributed by atoms with Crippen molar-refractivity contribution in [2.24, 2.45) is 0 Å². The minimum Gasteiger partial charge on any atom is -0.396 e. The van der Waals surface area contributed by atoms with Crippen molar-refractivity contribution < 1.29 is 0 Å². The van der Waals surface area contributed by atoms with E-state index in [1.165, 1.54) is 10.4 Å². The lowest BCUT2D eigenvalue weighted by Gasteiger charge is -2.34. The van der Waals surface area contributed by atoms with Crippen LogP contribution >= 0.6 is 11.3 Å². The van der Waals surface area contributed by atoms with E-state index < -0.39 is 0 Å². The molecule has 2 N–H and O–H groups in total. The second kappa shape index (κ2) is 4.56.